The molecule has 0 saturated heterocycles. The Kier molecular flexibility index (Phi) is 6.07. The maximum atomic E-state index is 11.6. The van der Waals surface area contributed by atoms with Gasteiger partial charge in [-0.3, -0.25) is 0 Å². The van der Waals surface area contributed by atoms with Gasteiger partial charge in [0.2, 0.25) is 9.04 Å². The van der Waals surface area contributed by atoms with Crippen molar-refractivity contribution < 1.29 is 8.63 Å². The third kappa shape index (κ3) is 6.55. The molecule has 0 bridgehead atoms. The highest BCUT2D eigenvalue weighted by molar-refractivity contribution is 7.85. The lowest BCUT2D eigenvalue weighted by Gasteiger charge is -2.23. The largest absolute Gasteiger partial charge is 0.411 e. The SMILES string of the molecule is C[Si](OC/C=N/[S@](=O)C(C)(C)C)C(C)(C)C. The van der Waals surface area contributed by atoms with Crippen LogP contribution in [0.4, 0.5) is 0 Å². The van der Waals surface area contributed by atoms with Crippen molar-refractivity contribution in [2.75, 3.05) is 6.61 Å². The van der Waals surface area contributed by atoms with Crippen molar-refractivity contribution >= 4 is 26.2 Å². The zero-order chi connectivity index (χ0) is 13.0. The molecule has 0 saturated carbocycles. The fraction of sp³-hybridized carbons (Fsp3) is 0.909. The van der Waals surface area contributed by atoms with Crippen molar-refractivity contribution in [3.05, 3.63) is 0 Å². The molecule has 0 spiro atoms. The minimum Gasteiger partial charge on any atom is -0.411 e. The average molecular weight is 262 g/mol. The second-order valence-electron chi connectivity index (χ2n) is 5.77. The van der Waals surface area contributed by atoms with E-state index in [1.54, 1.807) is 6.21 Å². The van der Waals surface area contributed by atoms with E-state index >= 15 is 0 Å². The third-order valence-electron chi connectivity index (χ3n) is 2.12. The van der Waals surface area contributed by atoms with Crippen molar-refractivity contribution in [1.29, 1.82) is 0 Å². The van der Waals surface area contributed by atoms with Gasteiger partial charge in [-0.05, 0) is 32.4 Å². The van der Waals surface area contributed by atoms with Crippen LogP contribution in [0.3, 0.4) is 0 Å². The molecule has 0 fully saturated rings. The van der Waals surface area contributed by atoms with Gasteiger partial charge in [0.15, 0.2) is 0 Å². The molecule has 0 rings (SSSR count). The van der Waals surface area contributed by atoms with Gasteiger partial charge in [0.1, 0.15) is 11.0 Å². The van der Waals surface area contributed by atoms with Gasteiger partial charge in [-0.15, -0.1) is 0 Å². The van der Waals surface area contributed by atoms with Crippen LogP contribution < -0.4 is 0 Å². The molecule has 1 atom stereocenters. The molecule has 95 valence electrons. The Hall–Kier alpha value is -0.00312. The summed E-state index contributed by atoms with van der Waals surface area (Å²) in [6.45, 7) is 14.8. The van der Waals surface area contributed by atoms with Crippen LogP contribution in [-0.4, -0.2) is 30.8 Å². The first kappa shape index (κ1) is 16.0. The maximum absolute atomic E-state index is 11.6. The van der Waals surface area contributed by atoms with Gasteiger partial charge in [0.25, 0.3) is 0 Å². The van der Waals surface area contributed by atoms with Gasteiger partial charge in [-0.1, -0.05) is 20.8 Å². The molecule has 0 amide bonds. The summed E-state index contributed by atoms with van der Waals surface area (Å²) in [4.78, 5) is 0. The zero-order valence-corrected chi connectivity index (χ0v) is 13.3. The van der Waals surface area contributed by atoms with Gasteiger partial charge in [0.05, 0.1) is 11.4 Å². The van der Waals surface area contributed by atoms with E-state index in [2.05, 4.69) is 31.7 Å². The van der Waals surface area contributed by atoms with Crippen LogP contribution in [0.1, 0.15) is 41.5 Å². The van der Waals surface area contributed by atoms with Crippen molar-refractivity contribution in [3.63, 3.8) is 0 Å². The van der Waals surface area contributed by atoms with Crippen LogP contribution in [0.15, 0.2) is 4.40 Å². The van der Waals surface area contributed by atoms with Crippen LogP contribution in [0.2, 0.25) is 11.6 Å². The molecule has 0 unspecified atom stereocenters. The molecule has 0 aromatic heterocycles. The summed E-state index contributed by atoms with van der Waals surface area (Å²) in [5, 5.41) is 0.224. The number of rotatable bonds is 4. The lowest BCUT2D eigenvalue weighted by molar-refractivity contribution is 0.365. The van der Waals surface area contributed by atoms with Crippen LogP contribution in [0.25, 0.3) is 0 Å². The topological polar surface area (TPSA) is 38.7 Å². The molecule has 1 radical (unpaired) electrons. The molecule has 0 N–H and O–H groups in total. The Morgan fingerprint density at radius 2 is 1.75 bits per heavy atom. The van der Waals surface area contributed by atoms with E-state index in [-0.39, 0.29) is 9.79 Å². The molecule has 0 aromatic carbocycles. The summed E-state index contributed by atoms with van der Waals surface area (Å²) < 4.78 is 21.0. The van der Waals surface area contributed by atoms with Gasteiger partial charge in [-0.2, -0.15) is 4.40 Å². The molecular weight excluding hydrogens is 238 g/mol. The quantitative estimate of drug-likeness (QED) is 0.577. The molecular formula is C11H24NO2SSi. The minimum absolute atomic E-state index is 0.224. The molecule has 0 aliphatic heterocycles. The Bertz CT molecular complexity index is 266. The summed E-state index contributed by atoms with van der Waals surface area (Å²) in [6, 6.07) is 0. The summed E-state index contributed by atoms with van der Waals surface area (Å²) in [7, 11) is -2.00. The highest BCUT2D eigenvalue weighted by Gasteiger charge is 2.23. The Morgan fingerprint density at radius 1 is 1.25 bits per heavy atom. The van der Waals surface area contributed by atoms with Crippen LogP contribution in [0, 0.1) is 0 Å². The highest BCUT2D eigenvalue weighted by Crippen LogP contribution is 2.26. The van der Waals surface area contributed by atoms with Gasteiger partial charge in [0, 0.05) is 6.21 Å². The lowest BCUT2D eigenvalue weighted by Crippen LogP contribution is -2.26. The van der Waals surface area contributed by atoms with E-state index in [0.29, 0.717) is 6.61 Å². The predicted octanol–water partition coefficient (Wildman–Crippen LogP) is 2.96. The predicted molar refractivity (Wildman–Crippen MR) is 73.7 cm³/mol. The Balaban J connectivity index is 4.01. The summed E-state index contributed by atoms with van der Waals surface area (Å²) in [6.07, 6.45) is 1.63. The smallest absolute Gasteiger partial charge is 0.214 e. The molecule has 0 aromatic rings. The number of hydrogen-bond acceptors (Lipinski definition) is 2. The number of nitrogens with zero attached hydrogens (tertiary/aromatic N) is 1. The Morgan fingerprint density at radius 3 is 2.12 bits per heavy atom. The Labute approximate surface area is 104 Å². The molecule has 5 heteroatoms. The van der Waals surface area contributed by atoms with Gasteiger partial charge < -0.3 is 4.43 Å². The fourth-order valence-electron chi connectivity index (χ4n) is 0.635. The fourth-order valence-corrected chi connectivity index (χ4v) is 1.91. The van der Waals surface area contributed by atoms with E-state index in [1.165, 1.54) is 0 Å². The van der Waals surface area contributed by atoms with E-state index in [0.717, 1.165) is 0 Å². The highest BCUT2D eigenvalue weighted by atomic mass is 32.2. The lowest BCUT2D eigenvalue weighted by atomic mass is 10.3. The first-order valence-electron chi connectivity index (χ1n) is 5.46. The second-order valence-corrected chi connectivity index (χ2v) is 10.6. The average Bonchev–Trinajstić information content (AvgIpc) is 2.08. The van der Waals surface area contributed by atoms with Crippen LogP contribution in [-0.2, 0) is 15.4 Å². The minimum atomic E-state index is -1.17. The van der Waals surface area contributed by atoms with Crippen molar-refractivity contribution in [1.82, 2.24) is 0 Å². The summed E-state index contributed by atoms with van der Waals surface area (Å²) in [5.74, 6) is 0. The van der Waals surface area contributed by atoms with Gasteiger partial charge in [-0.25, -0.2) is 4.21 Å². The van der Waals surface area contributed by atoms with Crippen molar-refractivity contribution in [2.45, 2.75) is 57.9 Å². The second kappa shape index (κ2) is 6.07. The van der Waals surface area contributed by atoms with Crippen molar-refractivity contribution in [2.24, 2.45) is 4.40 Å². The normalized spacial score (nSPS) is 16.0. The number of hydrogen-bond donors (Lipinski definition) is 0. The molecule has 3 nitrogen and oxygen atoms in total. The molecule has 0 aliphatic carbocycles. The zero-order valence-electron chi connectivity index (χ0n) is 11.5. The molecule has 16 heavy (non-hydrogen) atoms. The summed E-state index contributed by atoms with van der Waals surface area (Å²) >= 11 is 0. The summed E-state index contributed by atoms with van der Waals surface area (Å²) in [5.41, 5.74) is 0. The monoisotopic (exact) mass is 262 g/mol. The maximum Gasteiger partial charge on any atom is 0.214 e. The molecule has 0 aliphatic rings. The van der Waals surface area contributed by atoms with Crippen LogP contribution in [0.5, 0.6) is 0 Å². The third-order valence-corrected chi connectivity index (χ3v) is 6.23. The van der Waals surface area contributed by atoms with Crippen LogP contribution >= 0.6 is 0 Å². The van der Waals surface area contributed by atoms with Crippen molar-refractivity contribution in [3.8, 4) is 0 Å². The first-order valence-corrected chi connectivity index (χ1v) is 8.48. The van der Waals surface area contributed by atoms with Gasteiger partial charge >= 0.3 is 0 Å². The van der Waals surface area contributed by atoms with E-state index < -0.39 is 20.0 Å². The van der Waals surface area contributed by atoms with E-state index in [1.807, 2.05) is 20.8 Å². The molecule has 0 heterocycles. The van der Waals surface area contributed by atoms with E-state index in [4.69, 9.17) is 4.43 Å². The first-order chi connectivity index (χ1) is 7.05. The standard InChI is InChI=1S/C11H24NO2SSi/c1-10(2,3)15(13)12-8-9-14-16(7)11(4,5)6/h8H,9H2,1-7H3/b12-8+/t15-/m1/s1. The van der Waals surface area contributed by atoms with E-state index in [9.17, 15) is 4.21 Å².